The highest BCUT2D eigenvalue weighted by Crippen LogP contribution is 2.25. The van der Waals surface area contributed by atoms with E-state index < -0.39 is 6.04 Å². The van der Waals surface area contributed by atoms with E-state index in [-0.39, 0.29) is 4.92 Å². The lowest BCUT2D eigenvalue weighted by Gasteiger charge is -2.23. The van der Waals surface area contributed by atoms with Crippen LogP contribution in [0.4, 0.5) is 0 Å². The van der Waals surface area contributed by atoms with Crippen molar-refractivity contribution in [2.24, 2.45) is 10.9 Å². The number of nitro groups is 1. The Morgan fingerprint density at radius 1 is 1.42 bits per heavy atom. The summed E-state index contributed by atoms with van der Waals surface area (Å²) in [6, 6.07) is 9.67. The maximum absolute atomic E-state index is 11.1. The number of nitrogens with zero attached hydrogens (tertiary/aromatic N) is 2. The predicted molar refractivity (Wildman–Crippen MR) is 79.5 cm³/mol. The van der Waals surface area contributed by atoms with Crippen molar-refractivity contribution in [2.45, 2.75) is 25.3 Å². The summed E-state index contributed by atoms with van der Waals surface area (Å²) in [6.07, 6.45) is 4.43. The van der Waals surface area contributed by atoms with Crippen LogP contribution in [0.2, 0.25) is 0 Å². The maximum atomic E-state index is 11.1. The predicted octanol–water partition coefficient (Wildman–Crippen LogP) is 3.05. The smallest absolute Gasteiger partial charge is 0.260 e. The molecule has 1 aromatic carbocycles. The van der Waals surface area contributed by atoms with Gasteiger partial charge in [-0.1, -0.05) is 30.3 Å². The molecular weight excluding hydrogens is 260 g/mol. The van der Waals surface area contributed by atoms with E-state index in [2.05, 4.69) is 17.1 Å². The van der Waals surface area contributed by atoms with Gasteiger partial charge in [0.2, 0.25) is 0 Å². The fourth-order valence-electron chi connectivity index (χ4n) is 2.42. The first-order valence-electron chi connectivity index (χ1n) is 6.46. The molecule has 0 spiro atoms. The molecule has 2 rings (SSSR count). The second kappa shape index (κ2) is 6.70. The molecule has 0 amide bonds. The normalized spacial score (nSPS) is 22.9. The highest BCUT2D eigenvalue weighted by atomic mass is 32.2. The van der Waals surface area contributed by atoms with E-state index in [9.17, 15) is 10.1 Å². The van der Waals surface area contributed by atoms with Gasteiger partial charge in [0.25, 0.3) is 6.04 Å². The summed E-state index contributed by atoms with van der Waals surface area (Å²) in [6.45, 7) is 0.730. The number of benzene rings is 1. The van der Waals surface area contributed by atoms with Crippen molar-refractivity contribution in [1.82, 2.24) is 0 Å². The third-order valence-electron chi connectivity index (χ3n) is 3.49. The molecule has 1 aliphatic heterocycles. The minimum absolute atomic E-state index is 0.190. The van der Waals surface area contributed by atoms with Crippen LogP contribution in [-0.2, 0) is 6.42 Å². The van der Waals surface area contributed by atoms with Crippen LogP contribution in [0.25, 0.3) is 0 Å². The molecule has 1 heterocycles. The zero-order chi connectivity index (χ0) is 13.7. The molecule has 0 radical (unpaired) electrons. The van der Waals surface area contributed by atoms with E-state index in [1.165, 1.54) is 17.3 Å². The highest BCUT2D eigenvalue weighted by molar-refractivity contribution is 8.13. The van der Waals surface area contributed by atoms with Crippen molar-refractivity contribution in [1.29, 1.82) is 0 Å². The average molecular weight is 278 g/mol. The molecule has 5 heteroatoms. The van der Waals surface area contributed by atoms with Gasteiger partial charge in [0.1, 0.15) is 5.04 Å². The zero-order valence-electron chi connectivity index (χ0n) is 11.0. The van der Waals surface area contributed by atoms with Crippen LogP contribution in [0.15, 0.2) is 35.3 Å². The van der Waals surface area contributed by atoms with E-state index in [4.69, 9.17) is 0 Å². The fraction of sp³-hybridized carbons (Fsp3) is 0.500. The SMILES string of the molecule is CSC1=NCC(CCc2ccccc2)CC1[N+](=O)[O-]. The molecule has 1 aromatic rings. The summed E-state index contributed by atoms with van der Waals surface area (Å²) >= 11 is 1.41. The molecule has 4 nitrogen and oxygen atoms in total. The Balaban J connectivity index is 1.93. The van der Waals surface area contributed by atoms with Gasteiger partial charge in [-0.15, -0.1) is 11.8 Å². The van der Waals surface area contributed by atoms with Crippen molar-refractivity contribution in [3.63, 3.8) is 0 Å². The number of thioether (sulfide) groups is 1. The molecule has 0 saturated heterocycles. The van der Waals surface area contributed by atoms with Crippen LogP contribution in [0.1, 0.15) is 18.4 Å². The molecule has 2 atom stereocenters. The van der Waals surface area contributed by atoms with Crippen molar-refractivity contribution < 1.29 is 4.92 Å². The summed E-state index contributed by atoms with van der Waals surface area (Å²) in [5.74, 6) is 0.325. The topological polar surface area (TPSA) is 55.5 Å². The number of rotatable bonds is 4. The molecule has 0 bridgehead atoms. The Labute approximate surface area is 117 Å². The van der Waals surface area contributed by atoms with E-state index in [0.29, 0.717) is 17.4 Å². The Bertz CT molecular complexity index is 462. The fourth-order valence-corrected chi connectivity index (χ4v) is 3.07. The van der Waals surface area contributed by atoms with Crippen molar-refractivity contribution in [3.05, 3.63) is 46.0 Å². The number of aryl methyl sites for hydroxylation is 1. The summed E-state index contributed by atoms with van der Waals surface area (Å²) in [5.41, 5.74) is 1.29. The Hall–Kier alpha value is -1.36. The van der Waals surface area contributed by atoms with Gasteiger partial charge in [-0.05, 0) is 30.6 Å². The van der Waals surface area contributed by atoms with E-state index in [0.717, 1.165) is 19.4 Å². The van der Waals surface area contributed by atoms with E-state index in [1.54, 1.807) is 0 Å². The standard InChI is InChI=1S/C14H18N2O2S/c1-19-14-13(16(17)18)9-12(10-15-14)8-7-11-5-3-2-4-6-11/h2-6,12-13H,7-10H2,1H3. The van der Waals surface area contributed by atoms with E-state index in [1.807, 2.05) is 24.5 Å². The summed E-state index contributed by atoms with van der Waals surface area (Å²) in [7, 11) is 0. The first-order valence-corrected chi connectivity index (χ1v) is 7.69. The first kappa shape index (κ1) is 14.1. The number of hydrogen-bond donors (Lipinski definition) is 0. The Morgan fingerprint density at radius 3 is 2.79 bits per heavy atom. The van der Waals surface area contributed by atoms with Crippen molar-refractivity contribution in [3.8, 4) is 0 Å². The molecule has 2 unspecified atom stereocenters. The second-order valence-electron chi connectivity index (χ2n) is 4.81. The highest BCUT2D eigenvalue weighted by Gasteiger charge is 2.33. The van der Waals surface area contributed by atoms with Gasteiger partial charge in [-0.3, -0.25) is 15.1 Å². The molecule has 0 fully saturated rings. The lowest BCUT2D eigenvalue weighted by Crippen LogP contribution is -2.35. The number of aliphatic imine (C=N–C) groups is 1. The van der Waals surface area contributed by atoms with Gasteiger partial charge in [-0.25, -0.2) is 0 Å². The molecule has 0 aliphatic carbocycles. The summed E-state index contributed by atoms with van der Waals surface area (Å²) in [4.78, 5) is 15.2. The maximum Gasteiger partial charge on any atom is 0.260 e. The largest absolute Gasteiger partial charge is 0.276 e. The van der Waals surface area contributed by atoms with Crippen LogP contribution in [-0.4, -0.2) is 28.8 Å². The van der Waals surface area contributed by atoms with Gasteiger partial charge in [0.05, 0.1) is 0 Å². The summed E-state index contributed by atoms with van der Waals surface area (Å²) in [5, 5.41) is 11.7. The van der Waals surface area contributed by atoms with Gasteiger partial charge in [0.15, 0.2) is 0 Å². The van der Waals surface area contributed by atoms with Crippen molar-refractivity contribution >= 4 is 16.8 Å². The minimum Gasteiger partial charge on any atom is -0.276 e. The van der Waals surface area contributed by atoms with Gasteiger partial charge >= 0.3 is 0 Å². The van der Waals surface area contributed by atoms with Crippen LogP contribution in [0.5, 0.6) is 0 Å². The number of hydrogen-bond acceptors (Lipinski definition) is 4. The third kappa shape index (κ3) is 3.80. The molecule has 1 aliphatic rings. The lowest BCUT2D eigenvalue weighted by atomic mass is 9.91. The molecule has 0 aromatic heterocycles. The van der Waals surface area contributed by atoms with Gasteiger partial charge in [0, 0.05) is 17.9 Å². The molecule has 102 valence electrons. The first-order chi connectivity index (χ1) is 9.20. The van der Waals surface area contributed by atoms with Gasteiger partial charge in [-0.2, -0.15) is 0 Å². The molecular formula is C14H18N2O2S. The molecule has 0 N–H and O–H groups in total. The van der Waals surface area contributed by atoms with Crippen LogP contribution < -0.4 is 0 Å². The van der Waals surface area contributed by atoms with Crippen LogP contribution in [0.3, 0.4) is 0 Å². The summed E-state index contributed by atoms with van der Waals surface area (Å²) < 4.78 is 0. The zero-order valence-corrected chi connectivity index (χ0v) is 11.8. The third-order valence-corrected chi connectivity index (χ3v) is 4.31. The quantitative estimate of drug-likeness (QED) is 0.628. The molecule has 19 heavy (non-hydrogen) atoms. The van der Waals surface area contributed by atoms with Crippen LogP contribution >= 0.6 is 11.8 Å². The monoisotopic (exact) mass is 278 g/mol. The van der Waals surface area contributed by atoms with Gasteiger partial charge < -0.3 is 0 Å². The second-order valence-corrected chi connectivity index (χ2v) is 5.64. The Kier molecular flexibility index (Phi) is 4.96. The van der Waals surface area contributed by atoms with Crippen molar-refractivity contribution in [2.75, 3.05) is 12.8 Å². The Morgan fingerprint density at radius 2 is 2.16 bits per heavy atom. The lowest BCUT2D eigenvalue weighted by molar-refractivity contribution is -0.504. The molecule has 0 saturated carbocycles. The average Bonchev–Trinajstić information content (AvgIpc) is 2.46. The van der Waals surface area contributed by atoms with E-state index >= 15 is 0 Å². The minimum atomic E-state index is -0.593. The van der Waals surface area contributed by atoms with Crippen LogP contribution in [0, 0.1) is 16.0 Å².